The first kappa shape index (κ1) is 6.97. The number of alkyl halides is 1. The summed E-state index contributed by atoms with van der Waals surface area (Å²) in [5.74, 6) is 0.634. The number of aromatic nitrogens is 3. The normalized spacial score (nSPS) is 35.6. The van der Waals surface area contributed by atoms with Crippen LogP contribution in [0.2, 0.25) is 0 Å². The third-order valence-corrected chi connectivity index (χ3v) is 2.37. The van der Waals surface area contributed by atoms with Gasteiger partial charge in [0.2, 0.25) is 4.77 Å². The summed E-state index contributed by atoms with van der Waals surface area (Å²) in [6.07, 6.45) is -0.222. The number of H-pyrrole nitrogens is 2. The molecule has 1 aromatic heterocycles. The lowest BCUT2D eigenvalue weighted by Gasteiger charge is -2.00. The maximum atomic E-state index is 12.7. The molecule has 60 valence electrons. The van der Waals surface area contributed by atoms with Crippen molar-refractivity contribution in [3.63, 3.8) is 0 Å². The van der Waals surface area contributed by atoms with Crippen molar-refractivity contribution in [3.05, 3.63) is 10.6 Å². The highest BCUT2D eigenvalue weighted by Gasteiger charge is 2.54. The molecule has 3 nitrogen and oxygen atoms in total. The maximum absolute atomic E-state index is 12.7. The van der Waals surface area contributed by atoms with Crippen molar-refractivity contribution in [1.82, 2.24) is 15.2 Å². The molecule has 1 saturated carbocycles. The van der Waals surface area contributed by atoms with Crippen LogP contribution in [-0.2, 0) is 5.41 Å². The first-order valence-electron chi connectivity index (χ1n) is 3.42. The lowest BCUT2D eigenvalue weighted by atomic mass is 10.1. The molecule has 0 aromatic carbocycles. The third-order valence-electron chi connectivity index (χ3n) is 2.18. The highest BCUT2D eigenvalue weighted by molar-refractivity contribution is 7.71. The number of rotatable bonds is 1. The molecule has 5 heteroatoms. The van der Waals surface area contributed by atoms with Gasteiger partial charge >= 0.3 is 0 Å². The fourth-order valence-corrected chi connectivity index (χ4v) is 1.24. The van der Waals surface area contributed by atoms with Crippen molar-refractivity contribution in [3.8, 4) is 0 Å². The summed E-state index contributed by atoms with van der Waals surface area (Å²) in [5, 5.41) is 5.41. The van der Waals surface area contributed by atoms with E-state index in [1.54, 1.807) is 0 Å². The molecule has 11 heavy (non-hydrogen) atoms. The molecule has 1 aromatic rings. The van der Waals surface area contributed by atoms with Crippen LogP contribution >= 0.6 is 12.2 Å². The van der Waals surface area contributed by atoms with Gasteiger partial charge in [-0.05, 0) is 25.6 Å². The van der Waals surface area contributed by atoms with E-state index in [4.69, 9.17) is 12.2 Å². The standard InChI is InChI=1S/C6H8FN3S/c1-6(2-3(6)7)4-8-5(11)10-9-4/h3H,2H2,1H3,(H2,8,9,10,11). The largest absolute Gasteiger partial charge is 0.285 e. The smallest absolute Gasteiger partial charge is 0.213 e. The second kappa shape index (κ2) is 1.91. The molecule has 1 aliphatic carbocycles. The van der Waals surface area contributed by atoms with E-state index in [0.717, 1.165) is 0 Å². The van der Waals surface area contributed by atoms with E-state index in [2.05, 4.69) is 15.2 Å². The molecule has 0 saturated heterocycles. The second-order valence-electron chi connectivity index (χ2n) is 3.10. The summed E-state index contributed by atoms with van der Waals surface area (Å²) in [6.45, 7) is 1.83. The molecule has 0 amide bonds. The van der Waals surface area contributed by atoms with Crippen molar-refractivity contribution in [2.24, 2.45) is 0 Å². The van der Waals surface area contributed by atoms with Gasteiger partial charge in [-0.2, -0.15) is 0 Å². The minimum atomic E-state index is -0.767. The van der Waals surface area contributed by atoms with E-state index >= 15 is 0 Å². The van der Waals surface area contributed by atoms with Gasteiger partial charge in [0.25, 0.3) is 0 Å². The van der Waals surface area contributed by atoms with E-state index in [1.807, 2.05) is 6.92 Å². The number of hydrogen-bond donors (Lipinski definition) is 2. The molecular formula is C6H8FN3S. The fourth-order valence-electron chi connectivity index (χ4n) is 1.10. The second-order valence-corrected chi connectivity index (χ2v) is 3.49. The van der Waals surface area contributed by atoms with Gasteiger partial charge in [0.15, 0.2) is 0 Å². The molecule has 1 fully saturated rings. The zero-order valence-corrected chi connectivity index (χ0v) is 6.83. The Kier molecular flexibility index (Phi) is 1.21. The van der Waals surface area contributed by atoms with E-state index in [0.29, 0.717) is 17.0 Å². The van der Waals surface area contributed by atoms with Crippen LogP contribution in [0.1, 0.15) is 19.2 Å². The average Bonchev–Trinajstić information content (AvgIpc) is 2.44. The van der Waals surface area contributed by atoms with Crippen LogP contribution in [0.4, 0.5) is 4.39 Å². The Hall–Kier alpha value is -0.710. The molecule has 2 rings (SSSR count). The van der Waals surface area contributed by atoms with Crippen molar-refractivity contribution in [1.29, 1.82) is 0 Å². The van der Waals surface area contributed by atoms with Crippen LogP contribution in [-0.4, -0.2) is 21.4 Å². The van der Waals surface area contributed by atoms with Crippen molar-refractivity contribution in [2.75, 3.05) is 0 Å². The summed E-state index contributed by atoms with van der Waals surface area (Å²) in [4.78, 5) is 3.96. The minimum absolute atomic E-state index is 0.389. The zero-order valence-electron chi connectivity index (χ0n) is 6.02. The van der Waals surface area contributed by atoms with Crippen molar-refractivity contribution >= 4 is 12.2 Å². The van der Waals surface area contributed by atoms with Gasteiger partial charge in [0.1, 0.15) is 12.0 Å². The summed E-state index contributed by atoms with van der Waals surface area (Å²) in [7, 11) is 0. The van der Waals surface area contributed by atoms with Gasteiger partial charge in [0.05, 0.1) is 5.41 Å². The first-order valence-corrected chi connectivity index (χ1v) is 3.83. The van der Waals surface area contributed by atoms with E-state index in [9.17, 15) is 4.39 Å². The maximum Gasteiger partial charge on any atom is 0.213 e. The summed E-state index contributed by atoms with van der Waals surface area (Å²) in [6, 6.07) is 0. The molecule has 2 atom stereocenters. The Balaban J connectivity index is 2.38. The topological polar surface area (TPSA) is 44.5 Å². The van der Waals surface area contributed by atoms with Gasteiger partial charge < -0.3 is 0 Å². The monoisotopic (exact) mass is 173 g/mol. The average molecular weight is 173 g/mol. The van der Waals surface area contributed by atoms with E-state index in [1.165, 1.54) is 0 Å². The van der Waals surface area contributed by atoms with Gasteiger partial charge in [-0.3, -0.25) is 10.2 Å². The van der Waals surface area contributed by atoms with Crippen LogP contribution < -0.4 is 0 Å². The van der Waals surface area contributed by atoms with E-state index < -0.39 is 11.6 Å². The quantitative estimate of drug-likeness (QED) is 0.631. The minimum Gasteiger partial charge on any atom is -0.285 e. The zero-order chi connectivity index (χ0) is 8.06. The first-order chi connectivity index (χ1) is 5.13. The summed E-state index contributed by atoms with van der Waals surface area (Å²) in [5.41, 5.74) is -0.409. The predicted octanol–water partition coefficient (Wildman–Crippen LogP) is 1.47. The Morgan fingerprint density at radius 3 is 2.73 bits per heavy atom. The van der Waals surface area contributed by atoms with Crippen LogP contribution in [0.15, 0.2) is 0 Å². The van der Waals surface area contributed by atoms with Crippen LogP contribution in [0.3, 0.4) is 0 Å². The van der Waals surface area contributed by atoms with Gasteiger partial charge in [-0.1, -0.05) is 0 Å². The van der Waals surface area contributed by atoms with Crippen LogP contribution in [0, 0.1) is 4.77 Å². The molecule has 0 radical (unpaired) electrons. The highest BCUT2D eigenvalue weighted by Crippen LogP contribution is 2.48. The number of halogens is 1. The Labute approximate surface area is 68.0 Å². The highest BCUT2D eigenvalue weighted by atomic mass is 32.1. The Morgan fingerprint density at radius 2 is 2.36 bits per heavy atom. The third kappa shape index (κ3) is 0.910. The fraction of sp³-hybridized carbons (Fsp3) is 0.667. The van der Waals surface area contributed by atoms with Crippen molar-refractivity contribution < 1.29 is 4.39 Å². The lowest BCUT2D eigenvalue weighted by Crippen LogP contribution is -2.06. The molecule has 0 aliphatic heterocycles. The van der Waals surface area contributed by atoms with Gasteiger partial charge in [-0.25, -0.2) is 9.37 Å². The van der Waals surface area contributed by atoms with Gasteiger partial charge in [-0.15, -0.1) is 0 Å². The molecule has 2 unspecified atom stereocenters. The van der Waals surface area contributed by atoms with Gasteiger partial charge in [0, 0.05) is 0 Å². The van der Waals surface area contributed by atoms with Crippen LogP contribution in [0.25, 0.3) is 0 Å². The molecular weight excluding hydrogens is 165 g/mol. The lowest BCUT2D eigenvalue weighted by molar-refractivity contribution is 0.425. The summed E-state index contributed by atoms with van der Waals surface area (Å²) < 4.78 is 13.1. The number of aromatic amines is 2. The number of nitrogens with zero attached hydrogens (tertiary/aromatic N) is 1. The number of hydrogen-bond acceptors (Lipinski definition) is 2. The Morgan fingerprint density at radius 1 is 1.73 bits per heavy atom. The van der Waals surface area contributed by atoms with E-state index in [-0.39, 0.29) is 0 Å². The molecule has 1 heterocycles. The predicted molar refractivity (Wildman–Crippen MR) is 40.6 cm³/mol. The number of nitrogens with one attached hydrogen (secondary N) is 2. The van der Waals surface area contributed by atoms with Crippen molar-refractivity contribution in [2.45, 2.75) is 24.9 Å². The van der Waals surface area contributed by atoms with Crippen LogP contribution in [0.5, 0.6) is 0 Å². The molecule has 2 N–H and O–H groups in total. The molecule has 1 aliphatic rings. The molecule has 0 spiro atoms. The summed E-state index contributed by atoms with van der Waals surface area (Å²) >= 11 is 4.75. The molecule has 0 bridgehead atoms. The SMILES string of the molecule is CC1(c2nc(=S)[nH][nH]2)CC1F. The Bertz CT molecular complexity index is 331.